The van der Waals surface area contributed by atoms with E-state index in [0.717, 1.165) is 28.7 Å². The van der Waals surface area contributed by atoms with Gasteiger partial charge in [-0.15, -0.1) is 0 Å². The zero-order chi connectivity index (χ0) is 20.7. The smallest absolute Gasteiger partial charge is 0.322 e. The van der Waals surface area contributed by atoms with Gasteiger partial charge in [-0.3, -0.25) is 0 Å². The number of nitrogens with one attached hydrogen (secondary N) is 1. The Morgan fingerprint density at radius 3 is 2.63 bits per heavy atom. The lowest BCUT2D eigenvalue weighted by Crippen LogP contribution is -2.44. The van der Waals surface area contributed by atoms with Crippen molar-refractivity contribution in [3.8, 4) is 0 Å². The number of hydrogen-bond donors (Lipinski definition) is 1. The summed E-state index contributed by atoms with van der Waals surface area (Å²) >= 11 is 0. The fraction of sp³-hybridized carbons (Fsp3) is 0.192. The summed E-state index contributed by atoms with van der Waals surface area (Å²) in [5.74, 6) is 0. The van der Waals surface area contributed by atoms with Crippen LogP contribution in [-0.4, -0.2) is 22.0 Å². The van der Waals surface area contributed by atoms with E-state index < -0.39 is 0 Å². The quantitative estimate of drug-likeness (QED) is 0.451. The molecule has 0 saturated carbocycles. The maximum Gasteiger partial charge on any atom is 0.322 e. The van der Waals surface area contributed by atoms with Crippen LogP contribution in [0.25, 0.3) is 10.8 Å². The number of aryl methyl sites for hydroxylation is 2. The van der Waals surface area contributed by atoms with Gasteiger partial charge in [-0.05, 0) is 48.6 Å². The van der Waals surface area contributed by atoms with Gasteiger partial charge in [0.1, 0.15) is 0 Å². The molecule has 4 aromatic rings. The topological polar surface area (TPSA) is 37.3 Å². The zero-order valence-corrected chi connectivity index (χ0v) is 17.3. The fourth-order valence-corrected chi connectivity index (χ4v) is 4.58. The van der Waals surface area contributed by atoms with E-state index in [-0.39, 0.29) is 12.1 Å². The third-order valence-corrected chi connectivity index (χ3v) is 6.05. The van der Waals surface area contributed by atoms with Crippen molar-refractivity contribution in [2.45, 2.75) is 26.4 Å². The van der Waals surface area contributed by atoms with Crippen LogP contribution in [0, 0.1) is 13.8 Å². The van der Waals surface area contributed by atoms with Crippen molar-refractivity contribution >= 4 is 22.5 Å². The standard InChI is InChI=1S/C26H25N3O/c1-18-12-13-21(19(2)17-18)25-24-11-6-14-28(24)15-16-29(25)26(30)27-23-10-5-8-20-7-3-4-9-22(20)23/h3-14,17,25H,15-16H2,1-2H3,(H,27,30). The molecule has 1 atom stereocenters. The number of amides is 2. The van der Waals surface area contributed by atoms with Gasteiger partial charge in [-0.1, -0.05) is 60.2 Å². The first-order valence-electron chi connectivity index (χ1n) is 10.4. The number of benzene rings is 3. The van der Waals surface area contributed by atoms with Crippen molar-refractivity contribution in [2.75, 3.05) is 11.9 Å². The minimum Gasteiger partial charge on any atom is -0.348 e. The Bertz CT molecular complexity index is 1230. The van der Waals surface area contributed by atoms with Gasteiger partial charge in [0.25, 0.3) is 0 Å². The second-order valence-electron chi connectivity index (χ2n) is 8.04. The molecule has 3 aromatic carbocycles. The molecule has 1 N–H and O–H groups in total. The summed E-state index contributed by atoms with van der Waals surface area (Å²) < 4.78 is 2.26. The van der Waals surface area contributed by atoms with Crippen LogP contribution in [0.3, 0.4) is 0 Å². The summed E-state index contributed by atoms with van der Waals surface area (Å²) in [5, 5.41) is 5.36. The van der Waals surface area contributed by atoms with Gasteiger partial charge >= 0.3 is 6.03 Å². The molecule has 0 bridgehead atoms. The number of nitrogens with zero attached hydrogens (tertiary/aromatic N) is 2. The minimum absolute atomic E-state index is 0.0659. The van der Waals surface area contributed by atoms with Crippen LogP contribution in [0.4, 0.5) is 10.5 Å². The van der Waals surface area contributed by atoms with Gasteiger partial charge in [-0.25, -0.2) is 4.79 Å². The van der Waals surface area contributed by atoms with Crippen LogP contribution >= 0.6 is 0 Å². The van der Waals surface area contributed by atoms with Gasteiger partial charge in [0.2, 0.25) is 0 Å². The number of fused-ring (bicyclic) bond motifs is 2. The van der Waals surface area contributed by atoms with Gasteiger partial charge in [0.05, 0.1) is 11.7 Å². The van der Waals surface area contributed by atoms with Crippen molar-refractivity contribution in [1.29, 1.82) is 0 Å². The van der Waals surface area contributed by atoms with Crippen molar-refractivity contribution < 1.29 is 4.79 Å². The molecule has 150 valence electrons. The maximum atomic E-state index is 13.5. The van der Waals surface area contributed by atoms with Gasteiger partial charge in [0, 0.05) is 30.4 Å². The van der Waals surface area contributed by atoms with E-state index in [1.807, 2.05) is 35.2 Å². The van der Waals surface area contributed by atoms with E-state index in [2.05, 4.69) is 72.4 Å². The molecule has 0 spiro atoms. The highest BCUT2D eigenvalue weighted by atomic mass is 16.2. The van der Waals surface area contributed by atoms with Crippen LogP contribution in [0.1, 0.15) is 28.4 Å². The maximum absolute atomic E-state index is 13.5. The predicted octanol–water partition coefficient (Wildman–Crippen LogP) is 5.90. The molecule has 0 saturated heterocycles. The van der Waals surface area contributed by atoms with Crippen LogP contribution in [-0.2, 0) is 6.54 Å². The Hall–Kier alpha value is -3.53. The number of carbonyl (C=O) groups excluding carboxylic acids is 1. The largest absolute Gasteiger partial charge is 0.348 e. The average molecular weight is 396 g/mol. The molecule has 1 aromatic heterocycles. The van der Waals surface area contributed by atoms with Crippen molar-refractivity contribution in [1.82, 2.24) is 9.47 Å². The number of hydrogen-bond acceptors (Lipinski definition) is 1. The second kappa shape index (κ2) is 7.38. The van der Waals surface area contributed by atoms with Crippen LogP contribution in [0.15, 0.2) is 79.0 Å². The molecule has 4 nitrogen and oxygen atoms in total. The summed E-state index contributed by atoms with van der Waals surface area (Å²) in [7, 11) is 0. The van der Waals surface area contributed by atoms with E-state index in [1.54, 1.807) is 0 Å². The van der Waals surface area contributed by atoms with Gasteiger partial charge in [-0.2, -0.15) is 0 Å². The molecule has 30 heavy (non-hydrogen) atoms. The lowest BCUT2D eigenvalue weighted by molar-refractivity contribution is 0.181. The van der Waals surface area contributed by atoms with E-state index in [9.17, 15) is 4.79 Å². The van der Waals surface area contributed by atoms with Crippen LogP contribution < -0.4 is 5.32 Å². The van der Waals surface area contributed by atoms with Crippen molar-refractivity contribution in [2.24, 2.45) is 0 Å². The summed E-state index contributed by atoms with van der Waals surface area (Å²) in [4.78, 5) is 15.5. The third kappa shape index (κ3) is 3.14. The van der Waals surface area contributed by atoms with E-state index in [1.165, 1.54) is 16.7 Å². The first-order valence-corrected chi connectivity index (χ1v) is 10.4. The molecular weight excluding hydrogens is 370 g/mol. The molecule has 1 aliphatic rings. The first kappa shape index (κ1) is 18.5. The number of anilines is 1. The minimum atomic E-state index is -0.107. The van der Waals surface area contributed by atoms with Crippen LogP contribution in [0.2, 0.25) is 0 Å². The normalized spacial score (nSPS) is 15.8. The molecule has 0 fully saturated rings. The Kier molecular flexibility index (Phi) is 4.55. The number of rotatable bonds is 2. The molecule has 4 heteroatoms. The molecule has 2 heterocycles. The van der Waals surface area contributed by atoms with Crippen molar-refractivity contribution in [3.05, 3.63) is 101 Å². The molecule has 0 aliphatic carbocycles. The SMILES string of the molecule is Cc1ccc(C2c3cccn3CCN2C(=O)Nc2cccc3ccccc23)c(C)c1. The second-order valence-corrected chi connectivity index (χ2v) is 8.04. The third-order valence-electron chi connectivity index (χ3n) is 6.05. The predicted molar refractivity (Wildman–Crippen MR) is 122 cm³/mol. The van der Waals surface area contributed by atoms with E-state index in [4.69, 9.17) is 0 Å². The first-order chi connectivity index (χ1) is 14.6. The lowest BCUT2D eigenvalue weighted by atomic mass is 9.94. The summed E-state index contributed by atoms with van der Waals surface area (Å²) in [6.45, 7) is 5.69. The van der Waals surface area contributed by atoms with Crippen molar-refractivity contribution in [3.63, 3.8) is 0 Å². The Morgan fingerprint density at radius 2 is 1.77 bits per heavy atom. The van der Waals surface area contributed by atoms with Crippen LogP contribution in [0.5, 0.6) is 0 Å². The number of carbonyl (C=O) groups is 1. The summed E-state index contributed by atoms with van der Waals surface area (Å²) in [6, 6.07) is 24.7. The molecule has 0 radical (unpaired) electrons. The summed E-state index contributed by atoms with van der Waals surface area (Å²) in [6.07, 6.45) is 2.10. The summed E-state index contributed by atoms with van der Waals surface area (Å²) in [5.41, 5.74) is 5.61. The Balaban J connectivity index is 1.54. The molecular formula is C26H25N3O. The lowest BCUT2D eigenvalue weighted by Gasteiger charge is -2.38. The van der Waals surface area contributed by atoms with E-state index in [0.29, 0.717) is 6.54 Å². The number of aromatic nitrogens is 1. The van der Waals surface area contributed by atoms with E-state index >= 15 is 0 Å². The number of urea groups is 1. The highest BCUT2D eigenvalue weighted by Gasteiger charge is 2.33. The van der Waals surface area contributed by atoms with Gasteiger partial charge < -0.3 is 14.8 Å². The molecule has 5 rings (SSSR count). The molecule has 2 amide bonds. The average Bonchev–Trinajstić information content (AvgIpc) is 3.23. The fourth-order valence-electron chi connectivity index (χ4n) is 4.58. The molecule has 1 unspecified atom stereocenters. The van der Waals surface area contributed by atoms with Gasteiger partial charge in [0.15, 0.2) is 0 Å². The highest BCUT2D eigenvalue weighted by Crippen LogP contribution is 2.35. The Labute approximate surface area is 176 Å². The highest BCUT2D eigenvalue weighted by molar-refractivity contribution is 6.01. The Morgan fingerprint density at radius 1 is 0.933 bits per heavy atom. The molecule has 1 aliphatic heterocycles. The monoisotopic (exact) mass is 395 g/mol. The zero-order valence-electron chi connectivity index (χ0n) is 17.3.